The van der Waals surface area contributed by atoms with E-state index in [1.54, 1.807) is 0 Å². The number of ether oxygens (including phenoxy) is 2. The van der Waals surface area contributed by atoms with Gasteiger partial charge in [-0.2, -0.15) is 13.2 Å². The first-order chi connectivity index (χ1) is 12.6. The van der Waals surface area contributed by atoms with Crippen molar-refractivity contribution in [1.29, 1.82) is 0 Å². The lowest BCUT2D eigenvalue weighted by molar-refractivity contribution is -0.213. The third kappa shape index (κ3) is 3.02. The molecule has 3 aliphatic rings. The summed E-state index contributed by atoms with van der Waals surface area (Å²) in [5.74, 6) is -0.720. The summed E-state index contributed by atoms with van der Waals surface area (Å²) in [4.78, 5) is 20.5. The maximum atomic E-state index is 13.4. The molecule has 4 rings (SSSR count). The van der Waals surface area contributed by atoms with Gasteiger partial charge in [0.15, 0.2) is 5.69 Å². The summed E-state index contributed by atoms with van der Waals surface area (Å²) < 4.78 is 51.6. The molecule has 1 aliphatic heterocycles. The third-order valence-corrected chi connectivity index (χ3v) is 6.22. The number of aryl methyl sites for hydroxylation is 2. The van der Waals surface area contributed by atoms with Crippen LogP contribution in [-0.2, 0) is 33.3 Å². The fourth-order valence-corrected chi connectivity index (χ4v) is 4.91. The van der Waals surface area contributed by atoms with Crippen molar-refractivity contribution in [3.63, 3.8) is 0 Å². The van der Waals surface area contributed by atoms with Crippen molar-refractivity contribution in [2.75, 3.05) is 6.61 Å². The van der Waals surface area contributed by atoms with Crippen LogP contribution in [0.15, 0.2) is 0 Å². The molecule has 0 bridgehead atoms. The van der Waals surface area contributed by atoms with E-state index in [4.69, 9.17) is 9.47 Å². The van der Waals surface area contributed by atoms with Gasteiger partial charge in [0.2, 0.25) is 0 Å². The van der Waals surface area contributed by atoms with Crippen LogP contribution in [0.5, 0.6) is 0 Å². The number of fused-ring (bicyclic) bond motifs is 2. The van der Waals surface area contributed by atoms with Crippen LogP contribution in [0.25, 0.3) is 0 Å². The first kappa shape index (κ1) is 18.7. The topological polar surface area (TPSA) is 61.3 Å². The van der Waals surface area contributed by atoms with E-state index in [2.05, 4.69) is 9.97 Å². The molecule has 0 unspecified atom stereocenters. The molecular weight excluding hydrogens is 361 g/mol. The van der Waals surface area contributed by atoms with Gasteiger partial charge in [0.1, 0.15) is 11.9 Å². The number of carbonyl (C=O) groups is 1. The fourth-order valence-electron chi connectivity index (χ4n) is 4.91. The molecule has 2 fully saturated rings. The third-order valence-electron chi connectivity index (χ3n) is 6.22. The van der Waals surface area contributed by atoms with Crippen LogP contribution in [0, 0.1) is 24.2 Å². The minimum absolute atomic E-state index is 0.0268. The average Bonchev–Trinajstić information content (AvgIpc) is 3.04. The van der Waals surface area contributed by atoms with Crippen LogP contribution < -0.4 is 0 Å². The van der Waals surface area contributed by atoms with Crippen molar-refractivity contribution < 1.29 is 27.4 Å². The first-order valence-corrected chi connectivity index (χ1v) is 9.34. The van der Waals surface area contributed by atoms with Crippen molar-refractivity contribution in [2.45, 2.75) is 64.8 Å². The van der Waals surface area contributed by atoms with E-state index in [9.17, 15) is 18.0 Å². The van der Waals surface area contributed by atoms with E-state index in [1.165, 1.54) is 6.92 Å². The SMILES string of the molecule is Cc1nc2c(c(C(F)(F)F)n1)C[C@H](C(=O)O[C@@H]1[C@@H]3CCO[C@H]3C1(C)C)CC2. The van der Waals surface area contributed by atoms with E-state index in [1.807, 2.05) is 13.8 Å². The molecule has 2 aliphatic carbocycles. The number of hydrogen-bond acceptors (Lipinski definition) is 5. The largest absolute Gasteiger partial charge is 0.461 e. The number of nitrogens with zero attached hydrogens (tertiary/aromatic N) is 2. The molecule has 148 valence electrons. The lowest BCUT2D eigenvalue weighted by Crippen LogP contribution is -2.61. The van der Waals surface area contributed by atoms with Gasteiger partial charge in [-0.1, -0.05) is 13.8 Å². The van der Waals surface area contributed by atoms with Gasteiger partial charge in [-0.05, 0) is 32.6 Å². The number of hydrogen-bond donors (Lipinski definition) is 0. The van der Waals surface area contributed by atoms with Crippen LogP contribution in [0.2, 0.25) is 0 Å². The van der Waals surface area contributed by atoms with Crippen LogP contribution in [0.3, 0.4) is 0 Å². The lowest BCUT2D eigenvalue weighted by atomic mass is 9.59. The summed E-state index contributed by atoms with van der Waals surface area (Å²) in [6.45, 7) is 6.13. The maximum absolute atomic E-state index is 13.4. The Hall–Kier alpha value is -1.70. The Labute approximate surface area is 155 Å². The van der Waals surface area contributed by atoms with Gasteiger partial charge >= 0.3 is 12.1 Å². The molecule has 4 atom stereocenters. The Bertz CT molecular complexity index is 778. The lowest BCUT2D eigenvalue weighted by Gasteiger charge is -2.53. The highest BCUT2D eigenvalue weighted by Crippen LogP contribution is 2.54. The van der Waals surface area contributed by atoms with Crippen LogP contribution in [0.1, 0.15) is 49.5 Å². The van der Waals surface area contributed by atoms with Crippen molar-refractivity contribution in [1.82, 2.24) is 9.97 Å². The molecule has 1 aromatic rings. The predicted molar refractivity (Wildman–Crippen MR) is 88.8 cm³/mol. The molecule has 0 amide bonds. The van der Waals surface area contributed by atoms with Crippen LogP contribution >= 0.6 is 0 Å². The Morgan fingerprint density at radius 2 is 2.00 bits per heavy atom. The Morgan fingerprint density at radius 1 is 1.26 bits per heavy atom. The molecule has 1 saturated heterocycles. The zero-order chi connectivity index (χ0) is 19.6. The summed E-state index contributed by atoms with van der Waals surface area (Å²) in [6, 6.07) is 0. The van der Waals surface area contributed by atoms with Gasteiger partial charge < -0.3 is 9.47 Å². The summed E-state index contributed by atoms with van der Waals surface area (Å²) in [6.07, 6.45) is -3.12. The predicted octanol–water partition coefficient (Wildman–Crippen LogP) is 3.27. The first-order valence-electron chi connectivity index (χ1n) is 9.34. The second kappa shape index (κ2) is 6.15. The zero-order valence-corrected chi connectivity index (χ0v) is 15.6. The normalized spacial score (nSPS) is 31.6. The highest BCUT2D eigenvalue weighted by molar-refractivity contribution is 5.74. The minimum Gasteiger partial charge on any atom is -0.461 e. The molecule has 1 saturated carbocycles. The molecule has 2 heterocycles. The molecular formula is C19H23F3N2O3. The van der Waals surface area contributed by atoms with Gasteiger partial charge in [-0.25, -0.2) is 9.97 Å². The van der Waals surface area contributed by atoms with Gasteiger partial charge in [-0.15, -0.1) is 0 Å². The van der Waals surface area contributed by atoms with E-state index in [0.29, 0.717) is 25.1 Å². The Kier molecular flexibility index (Phi) is 4.25. The Morgan fingerprint density at radius 3 is 2.70 bits per heavy atom. The van der Waals surface area contributed by atoms with Crippen LogP contribution in [0.4, 0.5) is 13.2 Å². The van der Waals surface area contributed by atoms with Crippen molar-refractivity contribution in [3.05, 3.63) is 22.8 Å². The van der Waals surface area contributed by atoms with Gasteiger partial charge in [0.05, 0.1) is 12.0 Å². The van der Waals surface area contributed by atoms with Gasteiger partial charge in [-0.3, -0.25) is 4.79 Å². The average molecular weight is 384 g/mol. The second-order valence-corrected chi connectivity index (χ2v) is 8.40. The minimum atomic E-state index is -4.56. The number of aromatic nitrogens is 2. The zero-order valence-electron chi connectivity index (χ0n) is 15.6. The second-order valence-electron chi connectivity index (χ2n) is 8.40. The fraction of sp³-hybridized carbons (Fsp3) is 0.737. The van der Waals surface area contributed by atoms with E-state index in [-0.39, 0.29) is 41.3 Å². The summed E-state index contributed by atoms with van der Waals surface area (Å²) in [7, 11) is 0. The van der Waals surface area contributed by atoms with E-state index >= 15 is 0 Å². The summed E-state index contributed by atoms with van der Waals surface area (Å²) in [5.41, 5.74) is -0.750. The van der Waals surface area contributed by atoms with E-state index in [0.717, 1.165) is 6.42 Å². The number of carbonyl (C=O) groups excluding carboxylic acids is 1. The number of alkyl halides is 3. The highest BCUT2D eigenvalue weighted by atomic mass is 19.4. The van der Waals surface area contributed by atoms with E-state index < -0.39 is 23.8 Å². The van der Waals surface area contributed by atoms with Gasteiger partial charge in [0, 0.05) is 29.2 Å². The number of halogens is 3. The molecule has 0 aromatic carbocycles. The summed E-state index contributed by atoms with van der Waals surface area (Å²) >= 11 is 0. The molecule has 0 radical (unpaired) electrons. The number of rotatable bonds is 2. The molecule has 27 heavy (non-hydrogen) atoms. The smallest absolute Gasteiger partial charge is 0.433 e. The molecule has 8 heteroatoms. The van der Waals surface area contributed by atoms with Gasteiger partial charge in [0.25, 0.3) is 0 Å². The van der Waals surface area contributed by atoms with Crippen molar-refractivity contribution >= 4 is 5.97 Å². The van der Waals surface area contributed by atoms with Crippen molar-refractivity contribution in [3.8, 4) is 0 Å². The standard InChI is InChI=1S/C19H23F3N2O3/c1-9-23-13-5-4-10(8-12(13)14(24-9)19(20,21)22)17(25)27-16-11-6-7-26-15(11)18(16,2)3/h10-11,15-16H,4-8H2,1-3H3/t10-,11-,15-,16-/m1/s1. The Balaban J connectivity index is 1.52. The number of esters is 1. The molecule has 1 aromatic heterocycles. The quantitative estimate of drug-likeness (QED) is 0.733. The maximum Gasteiger partial charge on any atom is 0.433 e. The molecule has 5 nitrogen and oxygen atoms in total. The van der Waals surface area contributed by atoms with Crippen LogP contribution in [-0.4, -0.2) is 34.8 Å². The highest BCUT2D eigenvalue weighted by Gasteiger charge is 2.61. The monoisotopic (exact) mass is 384 g/mol. The molecule has 0 spiro atoms. The van der Waals surface area contributed by atoms with Crippen molar-refractivity contribution in [2.24, 2.45) is 17.3 Å². The molecule has 0 N–H and O–H groups in total. The summed E-state index contributed by atoms with van der Waals surface area (Å²) in [5, 5.41) is 0.